The van der Waals surface area contributed by atoms with Gasteiger partial charge < -0.3 is 15.0 Å². The van der Waals surface area contributed by atoms with E-state index in [1.807, 2.05) is 24.3 Å². The molecule has 1 N–H and O–H groups in total. The van der Waals surface area contributed by atoms with Crippen molar-refractivity contribution >= 4 is 28.9 Å². The van der Waals surface area contributed by atoms with Crippen molar-refractivity contribution in [1.29, 1.82) is 0 Å². The van der Waals surface area contributed by atoms with Gasteiger partial charge in [0.2, 0.25) is 0 Å². The fraction of sp³-hybridized carbons (Fsp3) is 0.182. The van der Waals surface area contributed by atoms with Gasteiger partial charge in [-0.3, -0.25) is 4.79 Å². The minimum Gasteiger partial charge on any atom is -0.378 e. The molecule has 0 saturated carbocycles. The van der Waals surface area contributed by atoms with Crippen molar-refractivity contribution in [3.63, 3.8) is 0 Å². The molecular formula is C22H18FN6O2. The van der Waals surface area contributed by atoms with Crippen molar-refractivity contribution in [2.75, 3.05) is 36.5 Å². The third-order valence-corrected chi connectivity index (χ3v) is 5.15. The molecule has 0 bridgehead atoms. The van der Waals surface area contributed by atoms with Crippen molar-refractivity contribution < 1.29 is 13.9 Å². The molecule has 8 nitrogen and oxygen atoms in total. The van der Waals surface area contributed by atoms with Gasteiger partial charge >= 0.3 is 0 Å². The number of carbonyl (C=O) groups is 1. The number of anilines is 3. The minimum atomic E-state index is -0.596. The number of benzene rings is 1. The summed E-state index contributed by atoms with van der Waals surface area (Å²) in [5, 5.41) is 6.79. The van der Waals surface area contributed by atoms with Gasteiger partial charge in [0.05, 0.1) is 30.7 Å². The Bertz CT molecular complexity index is 1140. The van der Waals surface area contributed by atoms with Crippen LogP contribution in [0.5, 0.6) is 0 Å². The number of pyridine rings is 1. The van der Waals surface area contributed by atoms with Crippen LogP contribution in [0.2, 0.25) is 0 Å². The number of morpholine rings is 1. The first-order valence-corrected chi connectivity index (χ1v) is 9.80. The Kier molecular flexibility index (Phi) is 5.01. The lowest BCUT2D eigenvalue weighted by Crippen LogP contribution is -2.36. The van der Waals surface area contributed by atoms with E-state index >= 15 is 0 Å². The van der Waals surface area contributed by atoms with Gasteiger partial charge in [-0.15, -0.1) is 0 Å². The highest BCUT2D eigenvalue weighted by atomic mass is 19.1. The predicted molar refractivity (Wildman–Crippen MR) is 114 cm³/mol. The summed E-state index contributed by atoms with van der Waals surface area (Å²) in [6, 6.07) is 9.28. The maximum Gasteiger partial charge on any atom is 0.281 e. The van der Waals surface area contributed by atoms with Gasteiger partial charge in [0.25, 0.3) is 5.91 Å². The molecule has 9 heteroatoms. The molecule has 0 unspecified atom stereocenters. The van der Waals surface area contributed by atoms with Crippen molar-refractivity contribution in [3.8, 4) is 11.3 Å². The van der Waals surface area contributed by atoms with Crippen LogP contribution in [0, 0.1) is 0 Å². The van der Waals surface area contributed by atoms with E-state index < -0.39 is 11.7 Å². The third-order valence-electron chi connectivity index (χ3n) is 5.15. The van der Waals surface area contributed by atoms with Crippen LogP contribution in [-0.4, -0.2) is 47.2 Å². The second kappa shape index (κ2) is 8.11. The standard InChI is InChI=1S/C22H18FN6O2/c23-18-12-26-22(30)20-17(18)9-19(14-10-24-13-25-11-14)28-21(20)27-15-1-3-16(4-2-15)29-5-7-31-8-6-29/h1-4,9-13H,5-8H2,(H,27,28). The Morgan fingerprint density at radius 3 is 2.55 bits per heavy atom. The van der Waals surface area contributed by atoms with E-state index in [0.717, 1.165) is 30.7 Å². The quantitative estimate of drug-likeness (QED) is 0.697. The molecule has 1 aromatic carbocycles. The lowest BCUT2D eigenvalue weighted by molar-refractivity contribution is 0.0964. The van der Waals surface area contributed by atoms with Crippen LogP contribution >= 0.6 is 0 Å². The lowest BCUT2D eigenvalue weighted by Gasteiger charge is -2.29. The maximum absolute atomic E-state index is 14.5. The van der Waals surface area contributed by atoms with Crippen molar-refractivity contribution in [2.24, 2.45) is 0 Å². The zero-order valence-electron chi connectivity index (χ0n) is 16.5. The highest BCUT2D eigenvalue weighted by Gasteiger charge is 2.27. The van der Waals surface area contributed by atoms with Gasteiger partial charge in [0.15, 0.2) is 0 Å². The van der Waals surface area contributed by atoms with E-state index in [2.05, 4.69) is 30.5 Å². The minimum absolute atomic E-state index is 0.0952. The highest BCUT2D eigenvalue weighted by molar-refractivity contribution is 6.06. The molecule has 2 aromatic heterocycles. The number of nitrogens with zero attached hydrogens (tertiary/aromatic N) is 5. The largest absolute Gasteiger partial charge is 0.378 e. The molecule has 0 aliphatic carbocycles. The number of fused-ring (bicyclic) bond motifs is 1. The topological polar surface area (TPSA) is 94.3 Å². The second-order valence-electron chi connectivity index (χ2n) is 7.09. The average Bonchev–Trinajstić information content (AvgIpc) is 2.83. The number of hydrogen-bond acceptors (Lipinski definition) is 7. The Labute approximate surface area is 177 Å². The Balaban J connectivity index is 1.51. The predicted octanol–water partition coefficient (Wildman–Crippen LogP) is 3.14. The van der Waals surface area contributed by atoms with Crippen molar-refractivity contribution in [1.82, 2.24) is 20.3 Å². The number of carbonyl (C=O) groups excluding carboxylic acids is 1. The number of amides is 1. The van der Waals surface area contributed by atoms with Gasteiger partial charge in [-0.05, 0) is 30.3 Å². The fourth-order valence-electron chi connectivity index (χ4n) is 3.58. The van der Waals surface area contributed by atoms with Crippen LogP contribution in [0.15, 0.2) is 55.3 Å². The molecule has 0 spiro atoms. The molecule has 4 heterocycles. The first-order chi connectivity index (χ1) is 15.2. The molecule has 2 aliphatic heterocycles. The van der Waals surface area contributed by atoms with E-state index in [4.69, 9.17) is 4.74 Å². The van der Waals surface area contributed by atoms with Crippen molar-refractivity contribution in [3.05, 3.63) is 66.4 Å². The zero-order valence-corrected chi connectivity index (χ0v) is 16.5. The van der Waals surface area contributed by atoms with Gasteiger partial charge in [-0.25, -0.2) is 24.7 Å². The summed E-state index contributed by atoms with van der Waals surface area (Å²) in [4.78, 5) is 27.2. The summed E-state index contributed by atoms with van der Waals surface area (Å²) < 4.78 is 19.9. The number of rotatable bonds is 4. The summed E-state index contributed by atoms with van der Waals surface area (Å²) in [6.07, 6.45) is 5.50. The Hall–Kier alpha value is -3.85. The highest BCUT2D eigenvalue weighted by Crippen LogP contribution is 2.34. The summed E-state index contributed by atoms with van der Waals surface area (Å²) in [5.41, 5.74) is 3.10. The molecule has 155 valence electrons. The molecule has 3 aromatic rings. The Morgan fingerprint density at radius 1 is 1.06 bits per heavy atom. The Morgan fingerprint density at radius 2 is 1.81 bits per heavy atom. The van der Waals surface area contributed by atoms with Gasteiger partial charge in [0, 0.05) is 48.0 Å². The van der Waals surface area contributed by atoms with Crippen LogP contribution in [0.3, 0.4) is 0 Å². The molecule has 31 heavy (non-hydrogen) atoms. The molecule has 0 atom stereocenters. The molecule has 1 fully saturated rings. The maximum atomic E-state index is 14.5. The molecule has 1 saturated heterocycles. The molecular weight excluding hydrogens is 399 g/mol. The van der Waals surface area contributed by atoms with Gasteiger partial charge in [0.1, 0.15) is 18.0 Å². The van der Waals surface area contributed by atoms with Crippen LogP contribution < -0.4 is 15.5 Å². The fourth-order valence-corrected chi connectivity index (χ4v) is 3.58. The summed E-state index contributed by atoms with van der Waals surface area (Å²) >= 11 is 0. The van der Waals surface area contributed by atoms with Crippen LogP contribution in [0.4, 0.5) is 21.6 Å². The third kappa shape index (κ3) is 3.82. The van der Waals surface area contributed by atoms with E-state index in [1.54, 1.807) is 12.4 Å². The van der Waals surface area contributed by atoms with Crippen LogP contribution in [-0.2, 0) is 4.74 Å². The first-order valence-electron chi connectivity index (χ1n) is 9.80. The average molecular weight is 417 g/mol. The monoisotopic (exact) mass is 417 g/mol. The van der Waals surface area contributed by atoms with E-state index in [-0.39, 0.29) is 16.9 Å². The van der Waals surface area contributed by atoms with Gasteiger partial charge in [-0.1, -0.05) is 0 Å². The summed E-state index contributed by atoms with van der Waals surface area (Å²) in [7, 11) is 0. The number of nitrogens with one attached hydrogen (secondary N) is 1. The number of ether oxygens (including phenoxy) is 1. The van der Waals surface area contributed by atoms with Crippen LogP contribution in [0.1, 0.15) is 15.9 Å². The van der Waals surface area contributed by atoms with E-state index in [1.165, 1.54) is 12.4 Å². The summed E-state index contributed by atoms with van der Waals surface area (Å²) in [6.45, 7) is 3.09. The normalized spacial score (nSPS) is 15.7. The number of aromatic nitrogens is 3. The first kappa shape index (κ1) is 19.1. The smallest absolute Gasteiger partial charge is 0.281 e. The zero-order chi connectivity index (χ0) is 21.2. The SMILES string of the molecule is O=C1[N]C=C(F)c2cc(-c3cncnc3)nc(Nc3ccc(N4CCOCC4)cc3)c21. The molecule has 5 rings (SSSR count). The second-order valence-corrected chi connectivity index (χ2v) is 7.09. The molecule has 1 radical (unpaired) electrons. The molecule has 1 amide bonds. The lowest BCUT2D eigenvalue weighted by atomic mass is 10.0. The van der Waals surface area contributed by atoms with Crippen molar-refractivity contribution in [2.45, 2.75) is 0 Å². The van der Waals surface area contributed by atoms with E-state index in [0.29, 0.717) is 24.5 Å². The van der Waals surface area contributed by atoms with E-state index in [9.17, 15) is 9.18 Å². The number of halogens is 1. The summed E-state index contributed by atoms with van der Waals surface area (Å²) in [5.74, 6) is -0.916. The number of hydrogen-bond donors (Lipinski definition) is 1. The van der Waals surface area contributed by atoms with Gasteiger partial charge in [-0.2, -0.15) is 0 Å². The molecule has 2 aliphatic rings. The van der Waals surface area contributed by atoms with Crippen LogP contribution in [0.25, 0.3) is 17.1 Å².